The summed E-state index contributed by atoms with van der Waals surface area (Å²) in [5.41, 5.74) is -0.562. The molecule has 0 bridgehead atoms. The van der Waals surface area contributed by atoms with Crippen LogP contribution >= 0.6 is 0 Å². The van der Waals surface area contributed by atoms with Crippen LogP contribution in [0.4, 0.5) is 13.2 Å². The molecule has 2 N–H and O–H groups in total. The predicted molar refractivity (Wildman–Crippen MR) is 76.3 cm³/mol. The number of carboxylic acid groups (broad SMARTS) is 1. The summed E-state index contributed by atoms with van der Waals surface area (Å²) >= 11 is 0. The zero-order chi connectivity index (χ0) is 17.7. The Bertz CT molecular complexity index is 810. The van der Waals surface area contributed by atoms with Crippen LogP contribution in [0.15, 0.2) is 41.0 Å². The maximum absolute atomic E-state index is 12.4. The van der Waals surface area contributed by atoms with Crippen molar-refractivity contribution in [1.29, 1.82) is 0 Å². The van der Waals surface area contributed by atoms with Gasteiger partial charge in [0, 0.05) is 11.6 Å². The Morgan fingerprint density at radius 3 is 2.42 bits per heavy atom. The molecule has 5 nitrogen and oxygen atoms in total. The van der Waals surface area contributed by atoms with Crippen molar-refractivity contribution >= 4 is 11.9 Å². The lowest BCUT2D eigenvalue weighted by atomic mass is 10.1. The summed E-state index contributed by atoms with van der Waals surface area (Å²) in [6.07, 6.45) is -3.47. The van der Waals surface area contributed by atoms with E-state index in [4.69, 9.17) is 9.52 Å². The van der Waals surface area contributed by atoms with Crippen LogP contribution in [0.3, 0.4) is 0 Å². The Morgan fingerprint density at radius 1 is 1.21 bits per heavy atom. The molecule has 2 rings (SSSR count). The van der Waals surface area contributed by atoms with Crippen LogP contribution in [0, 0.1) is 11.8 Å². The molecule has 8 heteroatoms. The number of hydrogen-bond donors (Lipinski definition) is 2. The third-order valence-electron chi connectivity index (χ3n) is 2.85. The molecule has 0 radical (unpaired) electrons. The Labute approximate surface area is 134 Å². The van der Waals surface area contributed by atoms with Crippen LogP contribution in [-0.4, -0.2) is 23.5 Å². The minimum atomic E-state index is -4.40. The van der Waals surface area contributed by atoms with Gasteiger partial charge in [-0.15, -0.1) is 0 Å². The summed E-state index contributed by atoms with van der Waals surface area (Å²) in [5, 5.41) is 11.1. The lowest BCUT2D eigenvalue weighted by Gasteiger charge is -2.05. The zero-order valence-electron chi connectivity index (χ0n) is 12.0. The molecule has 1 aromatic heterocycles. The summed E-state index contributed by atoms with van der Waals surface area (Å²) in [7, 11) is 0. The van der Waals surface area contributed by atoms with Gasteiger partial charge < -0.3 is 14.8 Å². The lowest BCUT2D eigenvalue weighted by Crippen LogP contribution is -2.23. The van der Waals surface area contributed by atoms with Gasteiger partial charge in [0.1, 0.15) is 6.26 Å². The smallest absolute Gasteiger partial charge is 0.416 e. The minimum Gasteiger partial charge on any atom is -0.478 e. The standard InChI is InChI=1S/C16H10F3NO4/c17-16(18,19)12-5-3-10(4-6-12)2-1-7-20-14(21)13-8-11(9-24-13)15(22)23/h3-6,8-9H,7H2,(H,20,21)(H,22,23). The number of halogens is 3. The summed E-state index contributed by atoms with van der Waals surface area (Å²) in [6, 6.07) is 5.35. The predicted octanol–water partition coefficient (Wildman–Crippen LogP) is 2.78. The Kier molecular flexibility index (Phi) is 4.94. The second-order valence-electron chi connectivity index (χ2n) is 4.56. The molecule has 0 saturated carbocycles. The van der Waals surface area contributed by atoms with E-state index in [0.29, 0.717) is 5.56 Å². The number of rotatable bonds is 3. The first-order valence-corrected chi connectivity index (χ1v) is 6.53. The van der Waals surface area contributed by atoms with Gasteiger partial charge in [-0.2, -0.15) is 13.2 Å². The molecule has 0 spiro atoms. The number of aromatic carboxylic acids is 1. The highest BCUT2D eigenvalue weighted by Crippen LogP contribution is 2.28. The van der Waals surface area contributed by atoms with Crippen LogP contribution in [0.1, 0.15) is 32.0 Å². The highest BCUT2D eigenvalue weighted by atomic mass is 19.4. The van der Waals surface area contributed by atoms with Crippen LogP contribution in [0.25, 0.3) is 0 Å². The normalized spacial score (nSPS) is 10.6. The Balaban J connectivity index is 1.91. The van der Waals surface area contributed by atoms with E-state index < -0.39 is 23.6 Å². The SMILES string of the molecule is O=C(O)c1coc(C(=O)NCC#Cc2ccc(C(F)(F)F)cc2)c1. The molecular formula is C16H10F3NO4. The zero-order valence-corrected chi connectivity index (χ0v) is 12.0. The van der Waals surface area contributed by atoms with E-state index in [0.717, 1.165) is 24.5 Å². The first-order chi connectivity index (χ1) is 11.3. The number of benzene rings is 1. The fourth-order valence-electron chi connectivity index (χ4n) is 1.67. The largest absolute Gasteiger partial charge is 0.478 e. The number of alkyl halides is 3. The van der Waals surface area contributed by atoms with Crippen molar-refractivity contribution in [2.24, 2.45) is 0 Å². The fraction of sp³-hybridized carbons (Fsp3) is 0.125. The summed E-state index contributed by atoms with van der Waals surface area (Å²) < 4.78 is 42.0. The van der Waals surface area contributed by atoms with Gasteiger partial charge in [0.25, 0.3) is 5.91 Å². The maximum atomic E-state index is 12.4. The van der Waals surface area contributed by atoms with Crippen molar-refractivity contribution < 1.29 is 32.3 Å². The van der Waals surface area contributed by atoms with E-state index >= 15 is 0 Å². The molecule has 0 atom stereocenters. The average Bonchev–Trinajstić information content (AvgIpc) is 3.01. The molecule has 24 heavy (non-hydrogen) atoms. The van der Waals surface area contributed by atoms with Crippen LogP contribution in [-0.2, 0) is 6.18 Å². The van der Waals surface area contributed by atoms with E-state index in [-0.39, 0.29) is 17.9 Å². The van der Waals surface area contributed by atoms with Crippen molar-refractivity contribution in [3.8, 4) is 11.8 Å². The third-order valence-corrected chi connectivity index (χ3v) is 2.85. The number of furan rings is 1. The Morgan fingerprint density at radius 2 is 1.88 bits per heavy atom. The van der Waals surface area contributed by atoms with Gasteiger partial charge in [0.2, 0.25) is 0 Å². The number of hydrogen-bond acceptors (Lipinski definition) is 3. The number of carbonyl (C=O) groups excluding carboxylic acids is 1. The Hall–Kier alpha value is -3.21. The van der Waals surface area contributed by atoms with E-state index in [1.807, 2.05) is 0 Å². The van der Waals surface area contributed by atoms with Crippen LogP contribution in [0.5, 0.6) is 0 Å². The first-order valence-electron chi connectivity index (χ1n) is 6.53. The van der Waals surface area contributed by atoms with Gasteiger partial charge in [-0.3, -0.25) is 4.79 Å². The molecule has 0 fully saturated rings. The van der Waals surface area contributed by atoms with Crippen molar-refractivity contribution in [3.63, 3.8) is 0 Å². The molecule has 0 aliphatic carbocycles. The van der Waals surface area contributed by atoms with Gasteiger partial charge >= 0.3 is 12.1 Å². The van der Waals surface area contributed by atoms with E-state index in [9.17, 15) is 22.8 Å². The van der Waals surface area contributed by atoms with Crippen LogP contribution < -0.4 is 5.32 Å². The molecule has 1 heterocycles. The molecule has 124 valence electrons. The van der Waals surface area contributed by atoms with Gasteiger partial charge in [-0.25, -0.2) is 4.79 Å². The summed E-state index contributed by atoms with van der Waals surface area (Å²) in [4.78, 5) is 22.3. The highest BCUT2D eigenvalue weighted by molar-refractivity contribution is 5.95. The number of carboxylic acids is 1. The minimum absolute atomic E-state index is 0.0804. The first kappa shape index (κ1) is 17.1. The third kappa shape index (κ3) is 4.39. The molecule has 1 amide bonds. The topological polar surface area (TPSA) is 79.5 Å². The molecular weight excluding hydrogens is 327 g/mol. The second kappa shape index (κ2) is 6.91. The van der Waals surface area contributed by atoms with Gasteiger partial charge in [-0.1, -0.05) is 11.8 Å². The summed E-state index contributed by atoms with van der Waals surface area (Å²) in [6.45, 7) is -0.0804. The molecule has 0 saturated heterocycles. The highest BCUT2D eigenvalue weighted by Gasteiger charge is 2.29. The van der Waals surface area contributed by atoms with Crippen molar-refractivity contribution in [2.45, 2.75) is 6.18 Å². The van der Waals surface area contributed by atoms with E-state index in [1.54, 1.807) is 0 Å². The lowest BCUT2D eigenvalue weighted by molar-refractivity contribution is -0.137. The molecule has 2 aromatic rings. The van der Waals surface area contributed by atoms with Gasteiger partial charge in [0.15, 0.2) is 5.76 Å². The molecule has 1 aromatic carbocycles. The summed E-state index contributed by atoms with van der Waals surface area (Å²) in [5.74, 6) is 3.12. The monoisotopic (exact) mass is 337 g/mol. The quantitative estimate of drug-likeness (QED) is 0.844. The number of amides is 1. The van der Waals surface area contributed by atoms with Crippen molar-refractivity contribution in [1.82, 2.24) is 5.32 Å². The van der Waals surface area contributed by atoms with Crippen molar-refractivity contribution in [2.75, 3.05) is 6.54 Å². The van der Waals surface area contributed by atoms with E-state index in [1.165, 1.54) is 12.1 Å². The maximum Gasteiger partial charge on any atom is 0.416 e. The molecule has 0 aliphatic rings. The molecule has 0 unspecified atom stereocenters. The number of nitrogens with one attached hydrogen (secondary N) is 1. The average molecular weight is 337 g/mol. The second-order valence-corrected chi connectivity index (χ2v) is 4.56. The fourth-order valence-corrected chi connectivity index (χ4v) is 1.67. The van der Waals surface area contributed by atoms with E-state index in [2.05, 4.69) is 17.2 Å². The van der Waals surface area contributed by atoms with Gasteiger partial charge in [0.05, 0.1) is 17.7 Å². The molecule has 0 aliphatic heterocycles. The van der Waals surface area contributed by atoms with Crippen molar-refractivity contribution in [3.05, 3.63) is 59.0 Å². The van der Waals surface area contributed by atoms with Crippen LogP contribution in [0.2, 0.25) is 0 Å². The van der Waals surface area contributed by atoms with Gasteiger partial charge in [-0.05, 0) is 24.3 Å². The number of carbonyl (C=O) groups is 2.